The van der Waals surface area contributed by atoms with Crippen molar-refractivity contribution in [1.82, 2.24) is 10.3 Å². The average Bonchev–Trinajstić information content (AvgIpc) is 2.48. The first kappa shape index (κ1) is 13.8. The Balaban J connectivity index is 1.80. The second-order valence-electron chi connectivity index (χ2n) is 4.60. The number of nitrogens with one attached hydrogen (secondary N) is 2. The maximum atomic E-state index is 12.0. The van der Waals surface area contributed by atoms with Gasteiger partial charge >= 0.3 is 0 Å². The molecule has 4 N–H and O–H groups in total. The molecule has 1 aliphatic rings. The molecule has 0 bridgehead atoms. The van der Waals surface area contributed by atoms with E-state index >= 15 is 0 Å². The van der Waals surface area contributed by atoms with E-state index in [2.05, 4.69) is 15.7 Å². The van der Waals surface area contributed by atoms with Gasteiger partial charge in [-0.3, -0.25) is 15.6 Å². The smallest absolute Gasteiger partial charge is 0.253 e. The van der Waals surface area contributed by atoms with Gasteiger partial charge in [-0.25, -0.2) is 0 Å². The molecule has 2 heterocycles. The summed E-state index contributed by atoms with van der Waals surface area (Å²) in [6.45, 7) is 1.44. The van der Waals surface area contributed by atoms with Gasteiger partial charge in [0, 0.05) is 19.3 Å². The van der Waals surface area contributed by atoms with Crippen molar-refractivity contribution in [2.24, 2.45) is 5.84 Å². The number of amides is 1. The molecular weight excluding hydrogens is 244 g/mol. The molecule has 6 heteroatoms. The van der Waals surface area contributed by atoms with Crippen molar-refractivity contribution >= 4 is 11.6 Å². The third-order valence-electron chi connectivity index (χ3n) is 3.25. The van der Waals surface area contributed by atoms with E-state index in [1.165, 1.54) is 12.6 Å². The number of nitrogen functional groups attached to an aromatic ring is 1. The summed E-state index contributed by atoms with van der Waals surface area (Å²) in [6.07, 6.45) is 7.66. The fourth-order valence-electron chi connectivity index (χ4n) is 2.18. The standard InChI is InChI=1S/C13H20N4O2/c14-17-12-9-15-6-5-11(12)13(18)16-7-4-10-3-1-2-8-19-10/h5-6,9-10,17H,1-4,7-8,14H2,(H,16,18). The molecule has 104 valence electrons. The van der Waals surface area contributed by atoms with Crippen molar-refractivity contribution in [1.29, 1.82) is 0 Å². The summed E-state index contributed by atoms with van der Waals surface area (Å²) in [4.78, 5) is 15.9. The summed E-state index contributed by atoms with van der Waals surface area (Å²) >= 11 is 0. The number of carbonyl (C=O) groups is 1. The van der Waals surface area contributed by atoms with Crippen molar-refractivity contribution in [3.63, 3.8) is 0 Å². The summed E-state index contributed by atoms with van der Waals surface area (Å²) in [5, 5.41) is 2.88. The van der Waals surface area contributed by atoms with Crippen LogP contribution < -0.4 is 16.6 Å². The molecule has 0 radical (unpaired) electrons. The maximum absolute atomic E-state index is 12.0. The van der Waals surface area contributed by atoms with Gasteiger partial charge in [-0.15, -0.1) is 0 Å². The maximum Gasteiger partial charge on any atom is 0.253 e. The van der Waals surface area contributed by atoms with E-state index in [1.807, 2.05) is 0 Å². The average molecular weight is 264 g/mol. The lowest BCUT2D eigenvalue weighted by Gasteiger charge is -2.22. The van der Waals surface area contributed by atoms with Crippen LogP contribution in [0, 0.1) is 0 Å². The molecule has 1 aliphatic heterocycles. The second kappa shape index (κ2) is 7.06. The topological polar surface area (TPSA) is 89.3 Å². The highest BCUT2D eigenvalue weighted by Crippen LogP contribution is 2.15. The lowest BCUT2D eigenvalue weighted by Crippen LogP contribution is -2.30. The zero-order valence-corrected chi connectivity index (χ0v) is 10.9. The van der Waals surface area contributed by atoms with Crippen LogP contribution in [0.25, 0.3) is 0 Å². The van der Waals surface area contributed by atoms with Gasteiger partial charge in [-0.2, -0.15) is 0 Å². The van der Waals surface area contributed by atoms with Crippen molar-refractivity contribution < 1.29 is 9.53 Å². The molecule has 1 fully saturated rings. The van der Waals surface area contributed by atoms with E-state index in [9.17, 15) is 4.79 Å². The van der Waals surface area contributed by atoms with E-state index < -0.39 is 0 Å². The molecule has 1 atom stereocenters. The van der Waals surface area contributed by atoms with Gasteiger partial charge in [-0.05, 0) is 31.7 Å². The molecule has 6 nitrogen and oxygen atoms in total. The lowest BCUT2D eigenvalue weighted by molar-refractivity contribution is 0.0117. The van der Waals surface area contributed by atoms with Crippen LogP contribution in [0.5, 0.6) is 0 Å². The number of aromatic nitrogens is 1. The zero-order chi connectivity index (χ0) is 13.5. The van der Waals surface area contributed by atoms with Crippen molar-refractivity contribution in [2.45, 2.75) is 31.8 Å². The van der Waals surface area contributed by atoms with Crippen LogP contribution in [0.4, 0.5) is 5.69 Å². The highest BCUT2D eigenvalue weighted by atomic mass is 16.5. The van der Waals surface area contributed by atoms with Crippen LogP contribution in [-0.4, -0.2) is 30.1 Å². The number of ether oxygens (including phenoxy) is 1. The molecule has 19 heavy (non-hydrogen) atoms. The summed E-state index contributed by atoms with van der Waals surface area (Å²) in [5.41, 5.74) is 3.49. The van der Waals surface area contributed by atoms with E-state index in [0.717, 1.165) is 25.9 Å². The normalized spacial score (nSPS) is 18.9. The van der Waals surface area contributed by atoms with Crippen molar-refractivity contribution in [3.8, 4) is 0 Å². The summed E-state index contributed by atoms with van der Waals surface area (Å²) in [5.74, 6) is 5.20. The Morgan fingerprint density at radius 2 is 2.42 bits per heavy atom. The number of nitrogens with zero attached hydrogens (tertiary/aromatic N) is 1. The molecule has 0 saturated carbocycles. The van der Waals surface area contributed by atoms with Gasteiger partial charge < -0.3 is 15.5 Å². The Bertz CT molecular complexity index is 419. The predicted molar refractivity (Wildman–Crippen MR) is 72.6 cm³/mol. The first-order valence-electron chi connectivity index (χ1n) is 6.61. The van der Waals surface area contributed by atoms with E-state index in [1.54, 1.807) is 12.3 Å². The molecule has 1 aromatic rings. The van der Waals surface area contributed by atoms with Crippen molar-refractivity contribution in [3.05, 3.63) is 24.0 Å². The number of carbonyl (C=O) groups excluding carboxylic acids is 1. The van der Waals surface area contributed by atoms with Crippen LogP contribution >= 0.6 is 0 Å². The first-order valence-corrected chi connectivity index (χ1v) is 6.61. The summed E-state index contributed by atoms with van der Waals surface area (Å²) in [7, 11) is 0. The zero-order valence-electron chi connectivity index (χ0n) is 10.9. The molecule has 0 aromatic carbocycles. The molecule has 2 rings (SSSR count). The number of nitrogens with two attached hydrogens (primary N) is 1. The van der Waals surface area contributed by atoms with Gasteiger partial charge in [0.15, 0.2) is 0 Å². The Hall–Kier alpha value is -1.66. The summed E-state index contributed by atoms with van der Waals surface area (Å²) in [6, 6.07) is 1.64. The number of hydrogen-bond acceptors (Lipinski definition) is 5. The van der Waals surface area contributed by atoms with Gasteiger partial charge in [-0.1, -0.05) is 0 Å². The molecule has 1 aromatic heterocycles. The third kappa shape index (κ3) is 3.90. The number of pyridine rings is 1. The number of anilines is 1. The minimum atomic E-state index is -0.147. The Morgan fingerprint density at radius 3 is 3.16 bits per heavy atom. The monoisotopic (exact) mass is 264 g/mol. The highest BCUT2D eigenvalue weighted by Gasteiger charge is 2.15. The fourth-order valence-corrected chi connectivity index (χ4v) is 2.18. The van der Waals surface area contributed by atoms with Crippen LogP contribution in [0.1, 0.15) is 36.0 Å². The van der Waals surface area contributed by atoms with Crippen molar-refractivity contribution in [2.75, 3.05) is 18.6 Å². The van der Waals surface area contributed by atoms with E-state index in [4.69, 9.17) is 10.6 Å². The quantitative estimate of drug-likeness (QED) is 0.546. The molecule has 1 unspecified atom stereocenters. The molecule has 0 aliphatic carbocycles. The van der Waals surface area contributed by atoms with Gasteiger partial charge in [0.1, 0.15) is 0 Å². The lowest BCUT2D eigenvalue weighted by atomic mass is 10.1. The molecule has 0 spiro atoms. The molecule has 1 saturated heterocycles. The van der Waals surface area contributed by atoms with Crippen LogP contribution in [-0.2, 0) is 4.74 Å². The minimum Gasteiger partial charge on any atom is -0.378 e. The van der Waals surface area contributed by atoms with E-state index in [-0.39, 0.29) is 12.0 Å². The minimum absolute atomic E-state index is 0.147. The predicted octanol–water partition coefficient (Wildman–Crippen LogP) is 1.06. The highest BCUT2D eigenvalue weighted by molar-refractivity contribution is 5.99. The van der Waals surface area contributed by atoms with Crippen LogP contribution in [0.3, 0.4) is 0 Å². The number of hydrogen-bond donors (Lipinski definition) is 3. The Kier molecular flexibility index (Phi) is 5.11. The van der Waals surface area contributed by atoms with Gasteiger partial charge in [0.2, 0.25) is 0 Å². The Labute approximate surface area is 112 Å². The van der Waals surface area contributed by atoms with Gasteiger partial charge in [0.05, 0.1) is 23.6 Å². The molecular formula is C13H20N4O2. The summed E-state index contributed by atoms with van der Waals surface area (Å²) < 4.78 is 5.62. The third-order valence-corrected chi connectivity index (χ3v) is 3.25. The van der Waals surface area contributed by atoms with Crippen LogP contribution in [0.15, 0.2) is 18.5 Å². The number of hydrazine groups is 1. The SMILES string of the molecule is NNc1cnccc1C(=O)NCCC1CCCCO1. The first-order chi connectivity index (χ1) is 9.31. The number of rotatable bonds is 5. The largest absolute Gasteiger partial charge is 0.378 e. The Morgan fingerprint density at radius 1 is 1.53 bits per heavy atom. The van der Waals surface area contributed by atoms with E-state index in [0.29, 0.717) is 17.8 Å². The fraction of sp³-hybridized carbons (Fsp3) is 0.538. The molecule has 1 amide bonds. The van der Waals surface area contributed by atoms with Crippen LogP contribution in [0.2, 0.25) is 0 Å². The van der Waals surface area contributed by atoms with Gasteiger partial charge in [0.25, 0.3) is 5.91 Å². The second-order valence-corrected chi connectivity index (χ2v) is 4.60.